The van der Waals surface area contributed by atoms with E-state index in [9.17, 15) is 13.2 Å². The minimum absolute atomic E-state index is 0.0847. The van der Waals surface area contributed by atoms with Gasteiger partial charge in [-0.05, 0) is 43.9 Å². The van der Waals surface area contributed by atoms with Crippen LogP contribution in [0.25, 0.3) is 0 Å². The van der Waals surface area contributed by atoms with Gasteiger partial charge in [-0.15, -0.1) is 0 Å². The summed E-state index contributed by atoms with van der Waals surface area (Å²) in [5.74, 6) is 0. The number of nitrogens with zero attached hydrogens (tertiary/aromatic N) is 1. The zero-order chi connectivity index (χ0) is 23.9. The Kier molecular flexibility index (Phi) is 8.35. The molecule has 1 aliphatic rings. The van der Waals surface area contributed by atoms with Gasteiger partial charge in [-0.25, -0.2) is 13.2 Å². The summed E-state index contributed by atoms with van der Waals surface area (Å²) in [5, 5.41) is 0. The lowest BCUT2D eigenvalue weighted by atomic mass is 9.82. The number of ether oxygens (including phenoxy) is 1. The lowest BCUT2D eigenvalue weighted by Gasteiger charge is -2.36. The molecule has 0 aliphatic carbocycles. The van der Waals surface area contributed by atoms with Crippen LogP contribution >= 0.6 is 0 Å². The number of allylic oxidation sites excluding steroid dienone is 1. The van der Waals surface area contributed by atoms with E-state index >= 15 is 0 Å². The van der Waals surface area contributed by atoms with Gasteiger partial charge in [0, 0.05) is 0 Å². The molecule has 2 aromatic rings. The first-order valence-electron chi connectivity index (χ1n) is 11.9. The van der Waals surface area contributed by atoms with Crippen molar-refractivity contribution in [1.82, 2.24) is 4.31 Å². The summed E-state index contributed by atoms with van der Waals surface area (Å²) in [6, 6.07) is 16.0. The SMILES string of the molecule is CCCC/C=C/[C@]1(c2ccccc2)[C@H](CCCCC)OC(=O)N1S(=O)(=O)c1ccc(C)cc1. The summed E-state index contributed by atoms with van der Waals surface area (Å²) in [5.41, 5.74) is 0.453. The first-order chi connectivity index (χ1) is 15.9. The van der Waals surface area contributed by atoms with Gasteiger partial charge in [0.05, 0.1) is 4.90 Å². The molecule has 0 spiro atoms. The highest BCUT2D eigenvalue weighted by atomic mass is 32.2. The van der Waals surface area contributed by atoms with Gasteiger partial charge < -0.3 is 4.74 Å². The average molecular weight is 470 g/mol. The number of unbranched alkanes of at least 4 members (excludes halogenated alkanes) is 4. The predicted molar refractivity (Wildman–Crippen MR) is 131 cm³/mol. The molecule has 2 aromatic carbocycles. The topological polar surface area (TPSA) is 63.7 Å². The summed E-state index contributed by atoms with van der Waals surface area (Å²) in [4.78, 5) is 13.4. The molecule has 6 heteroatoms. The first-order valence-corrected chi connectivity index (χ1v) is 13.4. The molecule has 1 heterocycles. The Bertz CT molecular complexity index is 1050. The minimum atomic E-state index is -4.16. The van der Waals surface area contributed by atoms with Gasteiger partial charge in [0.25, 0.3) is 10.0 Å². The van der Waals surface area contributed by atoms with Crippen LogP contribution in [0.15, 0.2) is 71.6 Å². The van der Waals surface area contributed by atoms with Crippen LogP contribution in [0.3, 0.4) is 0 Å². The van der Waals surface area contributed by atoms with Gasteiger partial charge in [-0.1, -0.05) is 99.7 Å². The number of amides is 1. The third-order valence-electron chi connectivity index (χ3n) is 6.20. The van der Waals surface area contributed by atoms with Crippen LogP contribution in [0.4, 0.5) is 4.79 Å². The van der Waals surface area contributed by atoms with Crippen molar-refractivity contribution in [2.24, 2.45) is 0 Å². The van der Waals surface area contributed by atoms with Gasteiger partial charge in [0.1, 0.15) is 11.6 Å². The number of sulfonamides is 1. The van der Waals surface area contributed by atoms with Gasteiger partial charge in [-0.2, -0.15) is 4.31 Å². The van der Waals surface area contributed by atoms with Gasteiger partial charge in [0.15, 0.2) is 0 Å². The van der Waals surface area contributed by atoms with Crippen molar-refractivity contribution in [3.8, 4) is 0 Å². The number of hydrogen-bond acceptors (Lipinski definition) is 4. The Morgan fingerprint density at radius 2 is 1.64 bits per heavy atom. The second kappa shape index (κ2) is 11.0. The maximum atomic E-state index is 13.9. The molecule has 0 radical (unpaired) electrons. The van der Waals surface area contributed by atoms with E-state index in [4.69, 9.17) is 4.74 Å². The Labute approximate surface area is 198 Å². The van der Waals surface area contributed by atoms with Crippen LogP contribution in [0.2, 0.25) is 0 Å². The molecule has 2 atom stereocenters. The molecule has 0 bridgehead atoms. The zero-order valence-corrected chi connectivity index (χ0v) is 20.7. The summed E-state index contributed by atoms with van der Waals surface area (Å²) in [6.07, 6.45) is 8.76. The maximum Gasteiger partial charge on any atom is 0.425 e. The van der Waals surface area contributed by atoms with E-state index in [2.05, 4.69) is 13.8 Å². The largest absolute Gasteiger partial charge is 0.442 e. The minimum Gasteiger partial charge on any atom is -0.442 e. The summed E-state index contributed by atoms with van der Waals surface area (Å²) < 4.78 is 34.6. The number of cyclic esters (lactones) is 1. The number of carbonyl (C=O) groups excluding carboxylic acids is 1. The molecule has 1 fully saturated rings. The van der Waals surface area contributed by atoms with Crippen molar-refractivity contribution in [2.45, 2.75) is 82.3 Å². The number of hydrogen-bond donors (Lipinski definition) is 0. The van der Waals surface area contributed by atoms with Crippen LogP contribution in [-0.2, 0) is 20.3 Å². The Hall–Kier alpha value is -2.60. The van der Waals surface area contributed by atoms with Crippen molar-refractivity contribution < 1.29 is 17.9 Å². The molecule has 0 N–H and O–H groups in total. The fourth-order valence-corrected chi connectivity index (χ4v) is 5.99. The Balaban J connectivity index is 2.20. The monoisotopic (exact) mass is 469 g/mol. The van der Waals surface area contributed by atoms with E-state index in [0.717, 1.165) is 54.0 Å². The van der Waals surface area contributed by atoms with Crippen molar-refractivity contribution in [3.05, 3.63) is 77.9 Å². The molecular weight excluding hydrogens is 434 g/mol. The Morgan fingerprint density at radius 1 is 0.970 bits per heavy atom. The molecule has 0 unspecified atom stereocenters. The number of benzene rings is 2. The van der Waals surface area contributed by atoms with E-state index in [1.165, 1.54) is 0 Å². The highest BCUT2D eigenvalue weighted by molar-refractivity contribution is 7.89. The third-order valence-corrected chi connectivity index (χ3v) is 8.00. The zero-order valence-electron chi connectivity index (χ0n) is 19.9. The second-order valence-corrected chi connectivity index (χ2v) is 10.5. The summed E-state index contributed by atoms with van der Waals surface area (Å²) in [6.45, 7) is 6.13. The molecule has 33 heavy (non-hydrogen) atoms. The molecular formula is C27H35NO4S. The predicted octanol–water partition coefficient (Wildman–Crippen LogP) is 6.73. The van der Waals surface area contributed by atoms with Gasteiger partial charge in [0.2, 0.25) is 0 Å². The van der Waals surface area contributed by atoms with Crippen LogP contribution < -0.4 is 0 Å². The quantitative estimate of drug-likeness (QED) is 0.270. The molecule has 0 saturated carbocycles. The number of rotatable bonds is 11. The standard InChI is InChI=1S/C27H35NO4S/c1-4-6-8-13-21-27(23-14-11-9-12-15-23)25(16-10-7-5-2)32-26(29)28(27)33(30,31)24-19-17-22(3)18-20-24/h9,11-15,17-21,25H,4-8,10,16H2,1-3H3/b21-13+/t25-,27-/m0/s1. The molecule has 3 rings (SSSR count). The van der Waals surface area contributed by atoms with E-state index < -0.39 is 27.8 Å². The molecule has 1 aliphatic heterocycles. The molecule has 1 amide bonds. The summed E-state index contributed by atoms with van der Waals surface area (Å²) >= 11 is 0. The Morgan fingerprint density at radius 3 is 2.27 bits per heavy atom. The highest BCUT2D eigenvalue weighted by Crippen LogP contribution is 2.46. The first kappa shape index (κ1) is 25.0. The van der Waals surface area contributed by atoms with E-state index in [1.54, 1.807) is 24.3 Å². The third kappa shape index (κ3) is 5.16. The fourth-order valence-electron chi connectivity index (χ4n) is 4.38. The van der Waals surface area contributed by atoms with Crippen LogP contribution in [-0.4, -0.2) is 24.9 Å². The lowest BCUT2D eigenvalue weighted by molar-refractivity contribution is 0.110. The fraction of sp³-hybridized carbons (Fsp3) is 0.444. The summed E-state index contributed by atoms with van der Waals surface area (Å²) in [7, 11) is -4.16. The average Bonchev–Trinajstić information content (AvgIpc) is 3.10. The maximum absolute atomic E-state index is 13.9. The smallest absolute Gasteiger partial charge is 0.425 e. The van der Waals surface area contributed by atoms with Crippen LogP contribution in [0, 0.1) is 6.92 Å². The van der Waals surface area contributed by atoms with Crippen molar-refractivity contribution >= 4 is 16.1 Å². The highest BCUT2D eigenvalue weighted by Gasteiger charge is 2.59. The molecule has 5 nitrogen and oxygen atoms in total. The molecule has 1 saturated heterocycles. The molecule has 178 valence electrons. The van der Waals surface area contributed by atoms with Crippen molar-refractivity contribution in [3.63, 3.8) is 0 Å². The molecule has 0 aromatic heterocycles. The number of aryl methyl sites for hydroxylation is 1. The van der Waals surface area contributed by atoms with Crippen molar-refractivity contribution in [1.29, 1.82) is 0 Å². The lowest BCUT2D eigenvalue weighted by Crippen LogP contribution is -2.50. The normalized spacial score (nSPS) is 21.0. The van der Waals surface area contributed by atoms with Crippen LogP contribution in [0.5, 0.6) is 0 Å². The van der Waals surface area contributed by atoms with E-state index in [0.29, 0.717) is 6.42 Å². The van der Waals surface area contributed by atoms with Gasteiger partial charge in [-0.3, -0.25) is 0 Å². The van der Waals surface area contributed by atoms with E-state index in [1.807, 2.05) is 49.4 Å². The van der Waals surface area contributed by atoms with Gasteiger partial charge >= 0.3 is 6.09 Å². The van der Waals surface area contributed by atoms with Crippen LogP contribution in [0.1, 0.15) is 69.9 Å². The second-order valence-electron chi connectivity index (χ2n) is 8.69. The van der Waals surface area contributed by atoms with E-state index in [-0.39, 0.29) is 4.90 Å². The number of carbonyl (C=O) groups is 1. The van der Waals surface area contributed by atoms with Crippen molar-refractivity contribution in [2.75, 3.05) is 0 Å².